The van der Waals surface area contributed by atoms with Crippen molar-refractivity contribution in [2.45, 2.75) is 51.9 Å². The Balaban J connectivity index is 2.06. The Morgan fingerprint density at radius 2 is 2.07 bits per heavy atom. The van der Waals surface area contributed by atoms with Crippen LogP contribution < -0.4 is 0 Å². The van der Waals surface area contributed by atoms with Gasteiger partial charge in [-0.1, -0.05) is 26.6 Å². The Morgan fingerprint density at radius 1 is 1.36 bits per heavy atom. The summed E-state index contributed by atoms with van der Waals surface area (Å²) in [5.41, 5.74) is 3.39. The summed E-state index contributed by atoms with van der Waals surface area (Å²) < 4.78 is 5.45. The van der Waals surface area contributed by atoms with E-state index in [1.165, 1.54) is 12.8 Å². The van der Waals surface area contributed by atoms with Crippen molar-refractivity contribution in [2.24, 2.45) is 5.92 Å². The number of rotatable bonds is 3. The normalized spacial score (nSPS) is 26.3. The van der Waals surface area contributed by atoms with Crippen LogP contribution >= 0.6 is 0 Å². The Bertz CT molecular complexity index is 231. The molecule has 1 saturated heterocycles. The maximum absolute atomic E-state index is 5.45. The van der Waals surface area contributed by atoms with Crippen LogP contribution in [0.5, 0.6) is 0 Å². The van der Waals surface area contributed by atoms with Gasteiger partial charge in [0, 0.05) is 12.3 Å². The zero-order valence-electron chi connectivity index (χ0n) is 9.89. The van der Waals surface area contributed by atoms with Crippen molar-refractivity contribution >= 4 is 8.07 Å². The van der Waals surface area contributed by atoms with Gasteiger partial charge in [0.25, 0.3) is 0 Å². The van der Waals surface area contributed by atoms with Crippen LogP contribution in [0.15, 0.2) is 0 Å². The standard InChI is InChI=1S/C12H22OSi/c1-11-10-13-12(11)8-6-5-7-9-14(2,3)4/h11-12H,5-6,8,10H2,1-4H3/t11-,12+/m0/s1. The van der Waals surface area contributed by atoms with Gasteiger partial charge in [0.1, 0.15) is 8.07 Å². The molecule has 1 rings (SSSR count). The SMILES string of the molecule is C[C@H]1CO[C@@H]1CCCC#C[Si](C)(C)C. The van der Waals surface area contributed by atoms with E-state index in [2.05, 4.69) is 38.0 Å². The van der Waals surface area contributed by atoms with Crippen LogP contribution in [-0.2, 0) is 4.74 Å². The van der Waals surface area contributed by atoms with E-state index in [1.807, 2.05) is 0 Å². The molecule has 14 heavy (non-hydrogen) atoms. The van der Waals surface area contributed by atoms with Gasteiger partial charge in [-0.15, -0.1) is 11.5 Å². The summed E-state index contributed by atoms with van der Waals surface area (Å²) in [6.45, 7) is 10.1. The molecule has 0 saturated carbocycles. The lowest BCUT2D eigenvalue weighted by Crippen LogP contribution is -2.37. The minimum atomic E-state index is -1.13. The van der Waals surface area contributed by atoms with Gasteiger partial charge in [-0.2, -0.15) is 0 Å². The molecule has 0 aromatic heterocycles. The smallest absolute Gasteiger partial charge is 0.129 e. The van der Waals surface area contributed by atoms with Crippen molar-refractivity contribution in [3.8, 4) is 11.5 Å². The van der Waals surface area contributed by atoms with Crippen molar-refractivity contribution in [3.63, 3.8) is 0 Å². The van der Waals surface area contributed by atoms with Crippen molar-refractivity contribution in [1.82, 2.24) is 0 Å². The first-order valence-electron chi connectivity index (χ1n) is 5.61. The summed E-state index contributed by atoms with van der Waals surface area (Å²) in [6.07, 6.45) is 3.98. The topological polar surface area (TPSA) is 9.23 Å². The molecule has 0 radical (unpaired) electrons. The van der Waals surface area contributed by atoms with E-state index >= 15 is 0 Å². The highest BCUT2D eigenvalue weighted by molar-refractivity contribution is 6.83. The van der Waals surface area contributed by atoms with Crippen LogP contribution in [-0.4, -0.2) is 20.8 Å². The molecule has 0 aliphatic carbocycles. The largest absolute Gasteiger partial charge is 0.377 e. The average molecular weight is 210 g/mol. The second kappa shape index (κ2) is 5.00. The quantitative estimate of drug-likeness (QED) is 0.395. The zero-order valence-corrected chi connectivity index (χ0v) is 10.9. The highest BCUT2D eigenvalue weighted by Crippen LogP contribution is 2.23. The second-order valence-corrected chi connectivity index (χ2v) is 10.0. The van der Waals surface area contributed by atoms with E-state index in [0.717, 1.165) is 18.9 Å². The fraction of sp³-hybridized carbons (Fsp3) is 0.833. The molecule has 0 N–H and O–H groups in total. The molecular formula is C12H22OSi. The molecular weight excluding hydrogens is 188 g/mol. The van der Waals surface area contributed by atoms with E-state index < -0.39 is 8.07 Å². The summed E-state index contributed by atoms with van der Waals surface area (Å²) in [7, 11) is -1.13. The van der Waals surface area contributed by atoms with Crippen molar-refractivity contribution in [1.29, 1.82) is 0 Å². The van der Waals surface area contributed by atoms with Crippen LogP contribution in [0.3, 0.4) is 0 Å². The molecule has 2 atom stereocenters. The van der Waals surface area contributed by atoms with Gasteiger partial charge in [-0.25, -0.2) is 0 Å². The van der Waals surface area contributed by atoms with Crippen LogP contribution in [0.1, 0.15) is 26.2 Å². The molecule has 0 bridgehead atoms. The zero-order chi connectivity index (χ0) is 10.6. The first kappa shape index (κ1) is 11.8. The summed E-state index contributed by atoms with van der Waals surface area (Å²) in [4.78, 5) is 0. The summed E-state index contributed by atoms with van der Waals surface area (Å²) >= 11 is 0. The predicted octanol–water partition coefficient (Wildman–Crippen LogP) is 3.07. The molecule has 1 nitrogen and oxygen atoms in total. The van der Waals surface area contributed by atoms with Gasteiger partial charge in [0.05, 0.1) is 12.7 Å². The molecule has 0 aromatic carbocycles. The third kappa shape index (κ3) is 4.30. The van der Waals surface area contributed by atoms with Crippen LogP contribution in [0, 0.1) is 17.4 Å². The summed E-state index contributed by atoms with van der Waals surface area (Å²) in [6, 6.07) is 0. The summed E-state index contributed by atoms with van der Waals surface area (Å²) in [5, 5.41) is 0. The number of unbranched alkanes of at least 4 members (excludes halogenated alkanes) is 1. The van der Waals surface area contributed by atoms with Gasteiger partial charge in [0.15, 0.2) is 0 Å². The maximum atomic E-state index is 5.45. The lowest BCUT2D eigenvalue weighted by Gasteiger charge is -2.34. The lowest BCUT2D eigenvalue weighted by molar-refractivity contribution is -0.110. The lowest BCUT2D eigenvalue weighted by atomic mass is 9.95. The van der Waals surface area contributed by atoms with Crippen molar-refractivity contribution in [3.05, 3.63) is 0 Å². The third-order valence-corrected chi connectivity index (χ3v) is 3.39. The molecule has 0 amide bonds. The third-order valence-electron chi connectivity index (χ3n) is 2.46. The highest BCUT2D eigenvalue weighted by atomic mass is 28.3. The number of hydrogen-bond acceptors (Lipinski definition) is 1. The van der Waals surface area contributed by atoms with Gasteiger partial charge < -0.3 is 4.74 Å². The molecule has 0 aromatic rings. The molecule has 0 unspecified atom stereocenters. The van der Waals surface area contributed by atoms with E-state index in [-0.39, 0.29) is 0 Å². The molecule has 1 heterocycles. The van der Waals surface area contributed by atoms with Crippen LogP contribution in [0.25, 0.3) is 0 Å². The fourth-order valence-corrected chi connectivity index (χ4v) is 2.17. The van der Waals surface area contributed by atoms with E-state index in [9.17, 15) is 0 Å². The average Bonchev–Trinajstić information content (AvgIpc) is 2.06. The Kier molecular flexibility index (Phi) is 4.22. The van der Waals surface area contributed by atoms with E-state index in [4.69, 9.17) is 4.74 Å². The molecule has 1 aliphatic heterocycles. The molecule has 80 valence electrons. The van der Waals surface area contributed by atoms with Gasteiger partial charge in [-0.05, 0) is 12.8 Å². The van der Waals surface area contributed by atoms with Crippen LogP contribution in [0.2, 0.25) is 19.6 Å². The minimum absolute atomic E-state index is 0.531. The summed E-state index contributed by atoms with van der Waals surface area (Å²) in [5.74, 6) is 4.08. The Hall–Kier alpha value is -0.263. The number of ether oxygens (including phenoxy) is 1. The first-order valence-corrected chi connectivity index (χ1v) is 9.11. The van der Waals surface area contributed by atoms with Crippen LogP contribution in [0.4, 0.5) is 0 Å². The van der Waals surface area contributed by atoms with Gasteiger partial charge in [0.2, 0.25) is 0 Å². The van der Waals surface area contributed by atoms with Gasteiger partial charge >= 0.3 is 0 Å². The van der Waals surface area contributed by atoms with Crippen molar-refractivity contribution < 1.29 is 4.74 Å². The molecule has 0 spiro atoms. The Morgan fingerprint density at radius 3 is 2.50 bits per heavy atom. The molecule has 1 aliphatic rings. The second-order valence-electron chi connectivity index (χ2n) is 5.29. The van der Waals surface area contributed by atoms with E-state index in [0.29, 0.717) is 6.10 Å². The first-order chi connectivity index (χ1) is 6.49. The van der Waals surface area contributed by atoms with Gasteiger partial charge in [-0.3, -0.25) is 0 Å². The fourth-order valence-electron chi connectivity index (χ4n) is 1.51. The minimum Gasteiger partial charge on any atom is -0.377 e. The number of hydrogen-bond donors (Lipinski definition) is 0. The van der Waals surface area contributed by atoms with Crippen molar-refractivity contribution in [2.75, 3.05) is 6.61 Å². The van der Waals surface area contributed by atoms with E-state index in [1.54, 1.807) is 0 Å². The Labute approximate surface area is 89.2 Å². The monoisotopic (exact) mass is 210 g/mol. The maximum Gasteiger partial charge on any atom is 0.129 e. The predicted molar refractivity (Wildman–Crippen MR) is 63.9 cm³/mol. The highest BCUT2D eigenvalue weighted by Gasteiger charge is 2.26. The molecule has 1 fully saturated rings. The molecule has 2 heteroatoms.